The molecule has 3 saturated heterocycles. The number of amides is 1. The topological polar surface area (TPSA) is 50.8 Å². The molecule has 0 radical (unpaired) electrons. The van der Waals surface area contributed by atoms with Gasteiger partial charge in [-0.25, -0.2) is 0 Å². The molecule has 1 N–H and O–H groups in total. The minimum atomic E-state index is 0.151. The SMILES string of the molecule is O=C(C1CCNC1)N(CC1CCCO1)CC1CCCO1. The quantitative estimate of drug-likeness (QED) is 0.810. The molecule has 3 aliphatic rings. The second kappa shape index (κ2) is 6.87. The summed E-state index contributed by atoms with van der Waals surface area (Å²) in [6.07, 6.45) is 5.84. The van der Waals surface area contributed by atoms with Gasteiger partial charge in [0, 0.05) is 32.8 Å². The summed E-state index contributed by atoms with van der Waals surface area (Å²) in [5.41, 5.74) is 0. The predicted molar refractivity (Wildman–Crippen MR) is 75.5 cm³/mol. The Morgan fingerprint density at radius 3 is 2.15 bits per heavy atom. The van der Waals surface area contributed by atoms with E-state index in [2.05, 4.69) is 5.32 Å². The Morgan fingerprint density at radius 2 is 1.70 bits per heavy atom. The van der Waals surface area contributed by atoms with Crippen LogP contribution in [0.15, 0.2) is 0 Å². The summed E-state index contributed by atoms with van der Waals surface area (Å²) < 4.78 is 11.4. The number of ether oxygens (including phenoxy) is 2. The third-order valence-corrected chi connectivity index (χ3v) is 4.62. The van der Waals surface area contributed by atoms with Gasteiger partial charge in [-0.2, -0.15) is 0 Å². The van der Waals surface area contributed by atoms with Crippen molar-refractivity contribution in [2.75, 3.05) is 39.4 Å². The Morgan fingerprint density at radius 1 is 1.05 bits per heavy atom. The van der Waals surface area contributed by atoms with E-state index in [-0.39, 0.29) is 18.1 Å². The van der Waals surface area contributed by atoms with Crippen LogP contribution in [-0.2, 0) is 14.3 Å². The van der Waals surface area contributed by atoms with Gasteiger partial charge in [0.25, 0.3) is 0 Å². The summed E-state index contributed by atoms with van der Waals surface area (Å²) in [6.45, 7) is 4.97. The van der Waals surface area contributed by atoms with Crippen molar-refractivity contribution in [1.29, 1.82) is 0 Å². The molecule has 0 aromatic heterocycles. The van der Waals surface area contributed by atoms with Crippen LogP contribution in [0.3, 0.4) is 0 Å². The summed E-state index contributed by atoms with van der Waals surface area (Å²) in [5.74, 6) is 0.443. The molecule has 5 nitrogen and oxygen atoms in total. The van der Waals surface area contributed by atoms with Gasteiger partial charge in [0.1, 0.15) is 0 Å². The van der Waals surface area contributed by atoms with E-state index in [1.807, 2.05) is 4.90 Å². The maximum absolute atomic E-state index is 12.7. The lowest BCUT2D eigenvalue weighted by Gasteiger charge is -2.29. The van der Waals surface area contributed by atoms with Crippen LogP contribution in [0.1, 0.15) is 32.1 Å². The van der Waals surface area contributed by atoms with Crippen LogP contribution in [0.25, 0.3) is 0 Å². The fourth-order valence-corrected chi connectivity index (χ4v) is 3.45. The molecule has 3 rings (SSSR count). The smallest absolute Gasteiger partial charge is 0.227 e. The Labute approximate surface area is 121 Å². The lowest BCUT2D eigenvalue weighted by molar-refractivity contribution is -0.138. The first kappa shape index (κ1) is 14.3. The molecule has 20 heavy (non-hydrogen) atoms. The summed E-state index contributed by atoms with van der Waals surface area (Å²) in [4.78, 5) is 14.7. The maximum Gasteiger partial charge on any atom is 0.227 e. The third-order valence-electron chi connectivity index (χ3n) is 4.62. The Kier molecular flexibility index (Phi) is 4.91. The van der Waals surface area contributed by atoms with Crippen LogP contribution in [0.2, 0.25) is 0 Å². The molecule has 3 unspecified atom stereocenters. The summed E-state index contributed by atoms with van der Waals surface area (Å²) in [7, 11) is 0. The Balaban J connectivity index is 1.59. The van der Waals surface area contributed by atoms with Gasteiger partial charge in [0.2, 0.25) is 5.91 Å². The van der Waals surface area contributed by atoms with Crippen molar-refractivity contribution in [1.82, 2.24) is 10.2 Å². The first-order valence-corrected chi connectivity index (χ1v) is 8.05. The van der Waals surface area contributed by atoms with E-state index in [1.54, 1.807) is 0 Å². The zero-order valence-corrected chi connectivity index (χ0v) is 12.2. The lowest BCUT2D eigenvalue weighted by Crippen LogP contribution is -2.45. The number of hydrogen-bond donors (Lipinski definition) is 1. The van der Waals surface area contributed by atoms with Crippen molar-refractivity contribution in [3.8, 4) is 0 Å². The molecule has 3 fully saturated rings. The van der Waals surface area contributed by atoms with E-state index in [0.717, 1.165) is 71.5 Å². The van der Waals surface area contributed by atoms with E-state index in [1.165, 1.54) is 0 Å². The highest BCUT2D eigenvalue weighted by Gasteiger charge is 2.32. The fourth-order valence-electron chi connectivity index (χ4n) is 3.45. The van der Waals surface area contributed by atoms with E-state index in [0.29, 0.717) is 5.91 Å². The van der Waals surface area contributed by atoms with Gasteiger partial charge in [0.05, 0.1) is 18.1 Å². The number of carbonyl (C=O) groups is 1. The minimum Gasteiger partial charge on any atom is -0.376 e. The number of nitrogens with zero attached hydrogens (tertiary/aromatic N) is 1. The molecule has 0 aromatic rings. The van der Waals surface area contributed by atoms with E-state index < -0.39 is 0 Å². The largest absolute Gasteiger partial charge is 0.376 e. The van der Waals surface area contributed by atoms with Crippen molar-refractivity contribution in [3.05, 3.63) is 0 Å². The van der Waals surface area contributed by atoms with E-state index in [4.69, 9.17) is 9.47 Å². The van der Waals surface area contributed by atoms with Crippen molar-refractivity contribution in [2.45, 2.75) is 44.3 Å². The first-order chi connectivity index (χ1) is 9.83. The molecule has 3 heterocycles. The average Bonchev–Trinajstić information content (AvgIpc) is 3.20. The Hall–Kier alpha value is -0.650. The van der Waals surface area contributed by atoms with Gasteiger partial charge >= 0.3 is 0 Å². The highest BCUT2D eigenvalue weighted by molar-refractivity contribution is 5.79. The first-order valence-electron chi connectivity index (χ1n) is 8.05. The maximum atomic E-state index is 12.7. The summed E-state index contributed by atoms with van der Waals surface area (Å²) in [6, 6.07) is 0. The van der Waals surface area contributed by atoms with Crippen molar-refractivity contribution in [2.24, 2.45) is 5.92 Å². The van der Waals surface area contributed by atoms with Crippen LogP contribution in [0, 0.1) is 5.92 Å². The van der Waals surface area contributed by atoms with Gasteiger partial charge in [0.15, 0.2) is 0 Å². The highest BCUT2D eigenvalue weighted by atomic mass is 16.5. The third kappa shape index (κ3) is 3.51. The minimum absolute atomic E-state index is 0.151. The molecule has 0 bridgehead atoms. The average molecular weight is 282 g/mol. The summed E-state index contributed by atoms with van der Waals surface area (Å²) >= 11 is 0. The normalized spacial score (nSPS) is 33.7. The summed E-state index contributed by atoms with van der Waals surface area (Å²) in [5, 5.41) is 3.29. The van der Waals surface area contributed by atoms with Gasteiger partial charge in [-0.05, 0) is 38.6 Å². The van der Waals surface area contributed by atoms with Gasteiger partial charge < -0.3 is 19.7 Å². The number of rotatable bonds is 5. The standard InChI is InChI=1S/C15H26N2O3/c18-15(12-5-6-16-9-12)17(10-13-3-1-7-19-13)11-14-4-2-8-20-14/h12-14,16H,1-11H2. The molecule has 0 saturated carbocycles. The zero-order valence-electron chi connectivity index (χ0n) is 12.2. The molecule has 3 aliphatic heterocycles. The number of carbonyl (C=O) groups excluding carboxylic acids is 1. The zero-order chi connectivity index (χ0) is 13.8. The second-order valence-electron chi connectivity index (χ2n) is 6.20. The molecule has 5 heteroatoms. The number of nitrogens with one attached hydrogen (secondary N) is 1. The van der Waals surface area contributed by atoms with Crippen LogP contribution in [0.5, 0.6) is 0 Å². The van der Waals surface area contributed by atoms with Crippen molar-refractivity contribution < 1.29 is 14.3 Å². The van der Waals surface area contributed by atoms with Gasteiger partial charge in [-0.15, -0.1) is 0 Å². The molecule has 1 amide bonds. The molecule has 0 aromatic carbocycles. The molecule has 0 aliphatic carbocycles. The molecular formula is C15H26N2O3. The van der Waals surface area contributed by atoms with Crippen molar-refractivity contribution >= 4 is 5.91 Å². The monoisotopic (exact) mass is 282 g/mol. The number of hydrogen-bond acceptors (Lipinski definition) is 4. The fraction of sp³-hybridized carbons (Fsp3) is 0.933. The second-order valence-corrected chi connectivity index (χ2v) is 6.20. The molecular weight excluding hydrogens is 256 g/mol. The van der Waals surface area contributed by atoms with E-state index >= 15 is 0 Å². The predicted octanol–water partition coefficient (Wildman–Crippen LogP) is 0.783. The van der Waals surface area contributed by atoms with Gasteiger partial charge in [-0.1, -0.05) is 0 Å². The molecule has 114 valence electrons. The Bertz CT molecular complexity index is 301. The molecule has 3 atom stereocenters. The van der Waals surface area contributed by atoms with Gasteiger partial charge in [-0.3, -0.25) is 4.79 Å². The van der Waals surface area contributed by atoms with Crippen molar-refractivity contribution in [3.63, 3.8) is 0 Å². The van der Waals surface area contributed by atoms with Crippen LogP contribution < -0.4 is 5.32 Å². The van der Waals surface area contributed by atoms with Crippen LogP contribution in [0.4, 0.5) is 0 Å². The lowest BCUT2D eigenvalue weighted by atomic mass is 10.1. The molecule has 0 spiro atoms. The van der Waals surface area contributed by atoms with Crippen LogP contribution >= 0.6 is 0 Å². The van der Waals surface area contributed by atoms with Crippen LogP contribution in [-0.4, -0.2) is 62.4 Å². The highest BCUT2D eigenvalue weighted by Crippen LogP contribution is 2.20. The van der Waals surface area contributed by atoms with E-state index in [9.17, 15) is 4.79 Å².